The van der Waals surface area contributed by atoms with Gasteiger partial charge in [-0.2, -0.15) is 4.39 Å². The highest BCUT2D eigenvalue weighted by molar-refractivity contribution is 5.99. The highest BCUT2D eigenvalue weighted by Crippen LogP contribution is 2.34. The average Bonchev–Trinajstić information content (AvgIpc) is 3.15. The lowest BCUT2D eigenvalue weighted by molar-refractivity contribution is 0.0940. The molecule has 1 amide bonds. The zero-order valence-corrected chi connectivity index (χ0v) is 16.8. The van der Waals surface area contributed by atoms with Crippen molar-refractivity contribution in [2.75, 3.05) is 20.1 Å². The fourth-order valence-electron chi connectivity index (χ4n) is 3.82. The number of allylic oxidation sites excluding steroid dienone is 1. The summed E-state index contributed by atoms with van der Waals surface area (Å²) in [4.78, 5) is 24.3. The molecule has 0 aliphatic carbocycles. The van der Waals surface area contributed by atoms with Crippen molar-refractivity contribution in [2.24, 2.45) is 0 Å². The number of likely N-dealkylation sites (N-methyl/N-ethyl adjacent to an activating group) is 1. The third-order valence-electron chi connectivity index (χ3n) is 5.33. The molecule has 0 fully saturated rings. The first-order chi connectivity index (χ1) is 14.0. The minimum atomic E-state index is -0.581. The van der Waals surface area contributed by atoms with Crippen LogP contribution in [0.3, 0.4) is 0 Å². The van der Waals surface area contributed by atoms with Crippen molar-refractivity contribution in [3.63, 3.8) is 0 Å². The van der Waals surface area contributed by atoms with Gasteiger partial charge in [-0.1, -0.05) is 23.8 Å². The van der Waals surface area contributed by atoms with Crippen molar-refractivity contribution >= 4 is 16.9 Å². The molecule has 0 bridgehead atoms. The molecule has 1 aliphatic heterocycles. The summed E-state index contributed by atoms with van der Waals surface area (Å²) in [5.41, 5.74) is 5.67. The number of halogens is 1. The van der Waals surface area contributed by atoms with Gasteiger partial charge in [-0.25, -0.2) is 9.97 Å². The van der Waals surface area contributed by atoms with Crippen LogP contribution in [0.4, 0.5) is 4.39 Å². The van der Waals surface area contributed by atoms with Crippen molar-refractivity contribution in [3.05, 3.63) is 58.8 Å². The number of aromatic amines is 1. The van der Waals surface area contributed by atoms with E-state index in [1.54, 1.807) is 6.92 Å². The molecule has 0 saturated carbocycles. The Morgan fingerprint density at radius 1 is 1.34 bits per heavy atom. The fourth-order valence-corrected chi connectivity index (χ4v) is 3.82. The van der Waals surface area contributed by atoms with Crippen molar-refractivity contribution < 1.29 is 9.18 Å². The first-order valence-electron chi connectivity index (χ1n) is 9.72. The summed E-state index contributed by atoms with van der Waals surface area (Å²) >= 11 is 0. The van der Waals surface area contributed by atoms with Crippen LogP contribution in [0.1, 0.15) is 41.0 Å². The number of hydrogen-bond donors (Lipinski definition) is 3. The van der Waals surface area contributed by atoms with E-state index >= 15 is 0 Å². The van der Waals surface area contributed by atoms with Crippen molar-refractivity contribution in [3.8, 4) is 11.3 Å². The number of amides is 1. The number of aromatic nitrogens is 3. The Morgan fingerprint density at radius 3 is 2.97 bits per heavy atom. The Morgan fingerprint density at radius 2 is 2.17 bits per heavy atom. The fraction of sp³-hybridized carbons (Fsp3) is 0.318. The number of nitrogens with zero attached hydrogens (tertiary/aromatic N) is 2. The van der Waals surface area contributed by atoms with Crippen LogP contribution in [-0.2, 0) is 0 Å². The number of nitrogens with one attached hydrogen (secondary N) is 3. The summed E-state index contributed by atoms with van der Waals surface area (Å²) in [5, 5.41) is 6.09. The Bertz CT molecular complexity index is 1120. The van der Waals surface area contributed by atoms with Crippen LogP contribution < -0.4 is 10.6 Å². The van der Waals surface area contributed by atoms with Gasteiger partial charge in [0.05, 0.1) is 16.8 Å². The molecule has 3 aromatic rings. The van der Waals surface area contributed by atoms with E-state index < -0.39 is 5.95 Å². The van der Waals surface area contributed by atoms with E-state index in [2.05, 4.69) is 38.6 Å². The smallest absolute Gasteiger partial charge is 0.253 e. The summed E-state index contributed by atoms with van der Waals surface area (Å²) in [6.07, 6.45) is 3.00. The molecule has 1 aromatic carbocycles. The van der Waals surface area contributed by atoms with Gasteiger partial charge in [-0.05, 0) is 39.4 Å². The van der Waals surface area contributed by atoms with Gasteiger partial charge in [0.1, 0.15) is 5.52 Å². The van der Waals surface area contributed by atoms with Gasteiger partial charge < -0.3 is 15.6 Å². The number of carbonyl (C=O) groups excluding carboxylic acids is 1. The normalized spacial score (nSPS) is 16.8. The SMILES string of the molecule is CNCC=C(C)CC1CNC(=O)c2cc(-c3cccc4nc(C)c(F)nc34)[nH]c21. The quantitative estimate of drug-likeness (QED) is 0.580. The van der Waals surface area contributed by atoms with Crippen LogP contribution in [-0.4, -0.2) is 41.0 Å². The Hall–Kier alpha value is -3.06. The van der Waals surface area contributed by atoms with Gasteiger partial charge in [0.15, 0.2) is 0 Å². The lowest BCUT2D eigenvalue weighted by atomic mass is 9.91. The number of carbonyl (C=O) groups is 1. The summed E-state index contributed by atoms with van der Waals surface area (Å²) in [6, 6.07) is 7.38. The summed E-state index contributed by atoms with van der Waals surface area (Å²) in [6.45, 7) is 5.09. The number of para-hydroxylation sites is 1. The molecule has 3 N–H and O–H groups in total. The van der Waals surface area contributed by atoms with E-state index in [0.717, 1.165) is 29.9 Å². The summed E-state index contributed by atoms with van der Waals surface area (Å²) in [5.74, 6) is -0.518. The zero-order valence-electron chi connectivity index (χ0n) is 16.8. The van der Waals surface area contributed by atoms with E-state index in [4.69, 9.17) is 0 Å². The molecule has 6 nitrogen and oxygen atoms in total. The van der Waals surface area contributed by atoms with Crippen molar-refractivity contribution in [1.82, 2.24) is 25.6 Å². The van der Waals surface area contributed by atoms with Gasteiger partial charge in [-0.15, -0.1) is 0 Å². The molecule has 0 radical (unpaired) electrons. The molecule has 7 heteroatoms. The second kappa shape index (κ2) is 7.75. The number of hydrogen-bond acceptors (Lipinski definition) is 4. The number of aryl methyl sites for hydroxylation is 1. The molecule has 0 spiro atoms. The minimum absolute atomic E-state index is 0.0936. The average molecular weight is 393 g/mol. The largest absolute Gasteiger partial charge is 0.357 e. The lowest BCUT2D eigenvalue weighted by Crippen LogP contribution is -2.34. The van der Waals surface area contributed by atoms with Crippen LogP contribution >= 0.6 is 0 Å². The van der Waals surface area contributed by atoms with E-state index in [1.165, 1.54) is 5.57 Å². The van der Waals surface area contributed by atoms with Gasteiger partial charge in [0.25, 0.3) is 5.91 Å². The third kappa shape index (κ3) is 3.65. The van der Waals surface area contributed by atoms with E-state index in [-0.39, 0.29) is 17.5 Å². The molecular weight excluding hydrogens is 369 g/mol. The maximum atomic E-state index is 14.1. The molecule has 3 heterocycles. The van der Waals surface area contributed by atoms with E-state index in [9.17, 15) is 9.18 Å². The maximum Gasteiger partial charge on any atom is 0.253 e. The highest BCUT2D eigenvalue weighted by Gasteiger charge is 2.28. The van der Waals surface area contributed by atoms with Crippen molar-refractivity contribution in [2.45, 2.75) is 26.2 Å². The maximum absolute atomic E-state index is 14.1. The second-order valence-corrected chi connectivity index (χ2v) is 7.50. The predicted octanol–water partition coefficient (Wildman–Crippen LogP) is 3.46. The molecule has 2 aromatic heterocycles. The topological polar surface area (TPSA) is 82.7 Å². The van der Waals surface area contributed by atoms with E-state index in [0.29, 0.717) is 23.1 Å². The van der Waals surface area contributed by atoms with Gasteiger partial charge in [0, 0.05) is 36.0 Å². The van der Waals surface area contributed by atoms with Gasteiger partial charge in [0.2, 0.25) is 5.95 Å². The Labute approximate surface area is 168 Å². The molecule has 29 heavy (non-hydrogen) atoms. The highest BCUT2D eigenvalue weighted by atomic mass is 19.1. The molecule has 1 aliphatic rings. The Kier molecular flexibility index (Phi) is 5.15. The standard InChI is InChI=1S/C22H24FN5O/c1-12(7-8-24-3)9-14-11-25-22(29)16-10-18(27-19(14)16)15-5-4-6-17-20(15)28-21(23)13(2)26-17/h4-7,10,14,24,27H,8-9,11H2,1-3H3,(H,25,29). The summed E-state index contributed by atoms with van der Waals surface area (Å²) < 4.78 is 14.1. The van der Waals surface area contributed by atoms with Crippen LogP contribution in [0.25, 0.3) is 22.3 Å². The molecular formula is C22H24FN5O. The van der Waals surface area contributed by atoms with Gasteiger partial charge >= 0.3 is 0 Å². The lowest BCUT2D eigenvalue weighted by Gasteiger charge is -2.23. The number of rotatable bonds is 5. The zero-order chi connectivity index (χ0) is 20.5. The molecule has 0 saturated heterocycles. The van der Waals surface area contributed by atoms with Crippen LogP contribution in [0, 0.1) is 12.9 Å². The monoisotopic (exact) mass is 393 g/mol. The predicted molar refractivity (Wildman–Crippen MR) is 111 cm³/mol. The molecule has 4 rings (SSSR count). The van der Waals surface area contributed by atoms with E-state index in [1.807, 2.05) is 31.3 Å². The summed E-state index contributed by atoms with van der Waals surface area (Å²) in [7, 11) is 1.91. The molecule has 1 atom stereocenters. The van der Waals surface area contributed by atoms with Gasteiger partial charge in [-0.3, -0.25) is 4.79 Å². The number of benzene rings is 1. The Balaban J connectivity index is 1.77. The third-order valence-corrected chi connectivity index (χ3v) is 5.33. The van der Waals surface area contributed by atoms with Crippen molar-refractivity contribution in [1.29, 1.82) is 0 Å². The van der Waals surface area contributed by atoms with Crippen LogP contribution in [0.2, 0.25) is 0 Å². The first-order valence-corrected chi connectivity index (χ1v) is 9.72. The number of fused-ring (bicyclic) bond motifs is 2. The minimum Gasteiger partial charge on any atom is -0.357 e. The number of H-pyrrole nitrogens is 1. The first kappa shape index (κ1) is 19.3. The van der Waals surface area contributed by atoms with Crippen LogP contribution in [0.5, 0.6) is 0 Å². The molecule has 1 unspecified atom stereocenters. The molecule has 150 valence electrons. The van der Waals surface area contributed by atoms with Crippen LogP contribution in [0.15, 0.2) is 35.9 Å². The second-order valence-electron chi connectivity index (χ2n) is 7.50.